The van der Waals surface area contributed by atoms with Gasteiger partial charge in [0, 0.05) is 34.8 Å². The average molecular weight is 590 g/mol. The fourth-order valence-corrected chi connectivity index (χ4v) is 7.03. The van der Waals surface area contributed by atoms with Crippen LogP contribution < -0.4 is 5.32 Å². The Balaban J connectivity index is 1.24. The normalized spacial score (nSPS) is 19.1. The molecular formula is C28H23ClF3N3O4S. The summed E-state index contributed by atoms with van der Waals surface area (Å²) in [6, 6.07) is 14.8. The molecule has 0 radical (unpaired) electrons. The van der Waals surface area contributed by atoms with E-state index < -0.39 is 39.4 Å². The Morgan fingerprint density at radius 1 is 1.07 bits per heavy atom. The minimum absolute atomic E-state index is 0.187. The molecule has 3 heterocycles. The Morgan fingerprint density at radius 3 is 2.52 bits per heavy atom. The molecule has 1 saturated carbocycles. The maximum atomic E-state index is 13.5. The van der Waals surface area contributed by atoms with Crippen molar-refractivity contribution in [3.8, 4) is 11.1 Å². The molecule has 2 aromatic carbocycles. The molecule has 1 N–H and O–H groups in total. The van der Waals surface area contributed by atoms with Crippen molar-refractivity contribution < 1.29 is 30.8 Å². The van der Waals surface area contributed by atoms with Crippen LogP contribution in [0.5, 0.6) is 0 Å². The van der Waals surface area contributed by atoms with Crippen LogP contribution in [-0.2, 0) is 26.5 Å². The van der Waals surface area contributed by atoms with Crippen LogP contribution in [-0.4, -0.2) is 36.2 Å². The number of carbonyl (C=O) groups is 1. The minimum Gasteiger partial charge on any atom is -0.443 e. The molecule has 12 heteroatoms. The van der Waals surface area contributed by atoms with Crippen molar-refractivity contribution in [1.82, 2.24) is 14.6 Å². The third kappa shape index (κ3) is 4.86. The Kier molecular flexibility index (Phi) is 6.43. The molecule has 2 aliphatic rings. The summed E-state index contributed by atoms with van der Waals surface area (Å²) in [6.07, 6.45) is -1.33. The van der Waals surface area contributed by atoms with Gasteiger partial charge in [0.05, 0.1) is 5.54 Å². The number of aromatic nitrogens is 1. The summed E-state index contributed by atoms with van der Waals surface area (Å²) < 4.78 is 72.5. The summed E-state index contributed by atoms with van der Waals surface area (Å²) in [4.78, 5) is 17.0. The molecule has 2 fully saturated rings. The fourth-order valence-electron chi connectivity index (χ4n) is 5.18. The Hall–Kier alpha value is -3.41. The van der Waals surface area contributed by atoms with E-state index in [0.29, 0.717) is 58.4 Å². The molecule has 1 aliphatic heterocycles. The maximum absolute atomic E-state index is 13.5. The van der Waals surface area contributed by atoms with Crippen LogP contribution >= 0.6 is 11.6 Å². The van der Waals surface area contributed by atoms with Crippen LogP contribution in [0.4, 0.5) is 13.2 Å². The van der Waals surface area contributed by atoms with E-state index in [0.717, 1.165) is 12.3 Å². The minimum atomic E-state index is -4.55. The molecule has 0 bridgehead atoms. The Morgan fingerprint density at radius 2 is 1.85 bits per heavy atom. The first-order valence-electron chi connectivity index (χ1n) is 12.6. The fraction of sp³-hybridized carbons (Fsp3) is 0.286. The lowest BCUT2D eigenvalue weighted by atomic mass is 9.98. The number of alkyl halides is 3. The highest BCUT2D eigenvalue weighted by Gasteiger charge is 2.49. The highest BCUT2D eigenvalue weighted by Crippen LogP contribution is 2.47. The van der Waals surface area contributed by atoms with Crippen molar-refractivity contribution in [3.05, 3.63) is 83.1 Å². The quantitative estimate of drug-likeness (QED) is 0.292. The molecule has 0 unspecified atom stereocenters. The number of sulfonamides is 1. The molecule has 2 aromatic heterocycles. The number of hydrogen-bond acceptors (Lipinski definition) is 5. The highest BCUT2D eigenvalue weighted by atomic mass is 35.5. The van der Waals surface area contributed by atoms with Gasteiger partial charge in [0.25, 0.3) is 10.0 Å². The van der Waals surface area contributed by atoms with Gasteiger partial charge in [-0.15, -0.1) is 0 Å². The van der Waals surface area contributed by atoms with Gasteiger partial charge in [0.15, 0.2) is 0 Å². The van der Waals surface area contributed by atoms with E-state index in [1.165, 1.54) is 16.4 Å². The van der Waals surface area contributed by atoms with Gasteiger partial charge in [-0.2, -0.15) is 17.5 Å². The van der Waals surface area contributed by atoms with Crippen molar-refractivity contribution in [3.63, 3.8) is 0 Å². The smallest absolute Gasteiger partial charge is 0.433 e. The van der Waals surface area contributed by atoms with Crippen LogP contribution in [0.25, 0.3) is 22.1 Å². The van der Waals surface area contributed by atoms with Gasteiger partial charge in [0.1, 0.15) is 17.3 Å². The van der Waals surface area contributed by atoms with Gasteiger partial charge < -0.3 is 9.73 Å². The lowest BCUT2D eigenvalue weighted by Gasteiger charge is -2.26. The second kappa shape index (κ2) is 9.60. The van der Waals surface area contributed by atoms with Crippen molar-refractivity contribution >= 4 is 38.5 Å². The number of pyridine rings is 1. The van der Waals surface area contributed by atoms with Gasteiger partial charge in [-0.05, 0) is 67.1 Å². The second-order valence-corrected chi connectivity index (χ2v) is 12.4. The number of amides is 1. The van der Waals surface area contributed by atoms with E-state index in [9.17, 15) is 26.4 Å². The number of furan rings is 1. The largest absolute Gasteiger partial charge is 0.443 e. The standard InChI is InChI=1S/C28H23ClF3N3O4S/c29-21-13-19(18-7-8-24(33-16-18)28(30,31)32)12-20(15-21)27(9-10-27)34-26(36)22-5-3-11-35(22)40(37,38)25-14-17-4-1-2-6-23(17)39-25/h1-2,4,6-8,12-16,22H,3,5,9-11H2,(H,34,36)/t22-/m0/s1. The van der Waals surface area contributed by atoms with Crippen molar-refractivity contribution in [2.75, 3.05) is 6.54 Å². The molecular weight excluding hydrogens is 567 g/mol. The van der Waals surface area contributed by atoms with E-state index >= 15 is 0 Å². The van der Waals surface area contributed by atoms with E-state index in [4.69, 9.17) is 16.0 Å². The summed E-state index contributed by atoms with van der Waals surface area (Å²) in [5, 5.41) is 3.83. The van der Waals surface area contributed by atoms with Crippen LogP contribution in [0.3, 0.4) is 0 Å². The highest BCUT2D eigenvalue weighted by molar-refractivity contribution is 7.89. The number of halogens is 4. The number of nitrogens with one attached hydrogen (secondary N) is 1. The van der Waals surface area contributed by atoms with E-state index in [1.54, 1.807) is 42.5 Å². The van der Waals surface area contributed by atoms with Crippen molar-refractivity contribution in [2.45, 2.75) is 48.5 Å². The third-order valence-electron chi connectivity index (χ3n) is 7.42. The predicted octanol–water partition coefficient (Wildman–Crippen LogP) is 6.13. The van der Waals surface area contributed by atoms with Crippen molar-refractivity contribution in [2.24, 2.45) is 0 Å². The van der Waals surface area contributed by atoms with Gasteiger partial charge in [-0.25, -0.2) is 8.42 Å². The number of carbonyl (C=O) groups excluding carboxylic acids is 1. The van der Waals surface area contributed by atoms with Gasteiger partial charge in [-0.1, -0.05) is 35.9 Å². The number of benzene rings is 2. The summed E-state index contributed by atoms with van der Waals surface area (Å²) >= 11 is 6.37. The van der Waals surface area contributed by atoms with Gasteiger partial charge >= 0.3 is 6.18 Å². The first-order valence-corrected chi connectivity index (χ1v) is 14.5. The average Bonchev–Trinajstić information content (AvgIpc) is 3.32. The topological polar surface area (TPSA) is 92.5 Å². The molecule has 4 aromatic rings. The first kappa shape index (κ1) is 26.8. The number of fused-ring (bicyclic) bond motifs is 1. The third-order valence-corrected chi connectivity index (χ3v) is 9.40. The molecule has 40 heavy (non-hydrogen) atoms. The SMILES string of the molecule is O=C(NC1(c2cc(Cl)cc(-c3ccc(C(F)(F)F)nc3)c2)CC1)[C@@H]1CCCN1S(=O)(=O)c1cc2ccccc2o1. The Labute approximate surface area is 233 Å². The van der Waals surface area contributed by atoms with Gasteiger partial charge in [0.2, 0.25) is 11.0 Å². The molecule has 6 rings (SSSR count). The zero-order valence-corrected chi connectivity index (χ0v) is 22.5. The van der Waals surface area contributed by atoms with E-state index in [1.807, 2.05) is 0 Å². The second-order valence-electron chi connectivity index (χ2n) is 10.1. The summed E-state index contributed by atoms with van der Waals surface area (Å²) in [5.41, 5.74) is 0.374. The van der Waals surface area contributed by atoms with E-state index in [-0.39, 0.29) is 11.6 Å². The first-order chi connectivity index (χ1) is 19.0. The summed E-state index contributed by atoms with van der Waals surface area (Å²) in [7, 11) is -4.06. The molecule has 0 spiro atoms. The molecule has 1 saturated heterocycles. The van der Waals surface area contributed by atoms with E-state index in [2.05, 4.69) is 10.3 Å². The molecule has 7 nitrogen and oxygen atoms in total. The lowest BCUT2D eigenvalue weighted by Crippen LogP contribution is -2.48. The number of rotatable bonds is 6. The Bertz CT molecular complexity index is 1680. The number of hydrogen-bond donors (Lipinski definition) is 1. The monoisotopic (exact) mass is 589 g/mol. The van der Waals surface area contributed by atoms with Crippen LogP contribution in [0.2, 0.25) is 5.02 Å². The molecule has 1 amide bonds. The maximum Gasteiger partial charge on any atom is 0.433 e. The molecule has 1 atom stereocenters. The van der Waals surface area contributed by atoms with Gasteiger partial charge in [-0.3, -0.25) is 9.78 Å². The zero-order valence-electron chi connectivity index (χ0n) is 20.9. The summed E-state index contributed by atoms with van der Waals surface area (Å²) in [6.45, 7) is 0.187. The van der Waals surface area contributed by atoms with Crippen LogP contribution in [0.15, 0.2) is 76.4 Å². The van der Waals surface area contributed by atoms with Crippen LogP contribution in [0, 0.1) is 0 Å². The number of para-hydroxylation sites is 1. The lowest BCUT2D eigenvalue weighted by molar-refractivity contribution is -0.141. The predicted molar refractivity (Wildman–Crippen MR) is 142 cm³/mol. The van der Waals surface area contributed by atoms with Crippen molar-refractivity contribution in [1.29, 1.82) is 0 Å². The zero-order chi connectivity index (χ0) is 28.3. The van der Waals surface area contributed by atoms with Crippen LogP contribution in [0.1, 0.15) is 36.9 Å². The molecule has 208 valence electrons. The summed E-state index contributed by atoms with van der Waals surface area (Å²) in [5.74, 6) is -0.424. The number of nitrogens with zero attached hydrogens (tertiary/aromatic N) is 2. The molecule has 1 aliphatic carbocycles.